The van der Waals surface area contributed by atoms with E-state index in [1.165, 1.54) is 15.6 Å². The van der Waals surface area contributed by atoms with Crippen molar-refractivity contribution >= 4 is 17.2 Å². The van der Waals surface area contributed by atoms with Gasteiger partial charge in [-0.1, -0.05) is 0 Å². The maximum atomic E-state index is 14.0. The van der Waals surface area contributed by atoms with E-state index in [1.807, 2.05) is 6.07 Å². The highest BCUT2D eigenvalue weighted by molar-refractivity contribution is 6.01. The zero-order chi connectivity index (χ0) is 16.7. The van der Waals surface area contributed by atoms with Gasteiger partial charge < -0.3 is 0 Å². The first-order valence-corrected chi connectivity index (χ1v) is 7.35. The third kappa shape index (κ3) is 2.10. The normalized spacial score (nSPS) is 17.4. The van der Waals surface area contributed by atoms with Crippen molar-refractivity contribution in [2.75, 3.05) is 11.4 Å². The Kier molecular flexibility index (Phi) is 3.20. The molecule has 0 spiro atoms. The molecule has 4 heterocycles. The van der Waals surface area contributed by atoms with Crippen LogP contribution in [0.4, 0.5) is 10.2 Å². The Balaban J connectivity index is 1.90. The van der Waals surface area contributed by atoms with Gasteiger partial charge in [0.2, 0.25) is 11.9 Å². The highest BCUT2D eigenvalue weighted by Crippen LogP contribution is 2.30. The number of halogens is 1. The molecule has 0 radical (unpaired) electrons. The van der Waals surface area contributed by atoms with Gasteiger partial charge in [-0.15, -0.1) is 0 Å². The van der Waals surface area contributed by atoms with Crippen LogP contribution in [0.5, 0.6) is 0 Å². The van der Waals surface area contributed by atoms with Crippen molar-refractivity contribution < 1.29 is 9.18 Å². The van der Waals surface area contributed by atoms with Crippen LogP contribution in [-0.2, 0) is 4.79 Å². The number of fused-ring (bicyclic) bond motifs is 1. The first kappa shape index (κ1) is 14.3. The van der Waals surface area contributed by atoms with Crippen LogP contribution in [-0.4, -0.2) is 32.0 Å². The van der Waals surface area contributed by atoms with E-state index in [4.69, 9.17) is 5.26 Å². The number of nitriles is 1. The smallest absolute Gasteiger partial charge is 0.245 e. The van der Waals surface area contributed by atoms with E-state index in [1.54, 1.807) is 30.6 Å². The van der Waals surface area contributed by atoms with Gasteiger partial charge in [-0.3, -0.25) is 9.69 Å². The number of hydrogen-bond donors (Lipinski definition) is 0. The third-order valence-electron chi connectivity index (χ3n) is 4.02. The van der Waals surface area contributed by atoms with Crippen molar-refractivity contribution in [3.63, 3.8) is 0 Å². The fourth-order valence-corrected chi connectivity index (χ4v) is 2.83. The van der Waals surface area contributed by atoms with Crippen LogP contribution < -0.4 is 4.90 Å². The molecular formula is C16H11FN6O. The molecule has 7 nitrogen and oxygen atoms in total. The molecule has 1 atom stereocenters. The lowest BCUT2D eigenvalue weighted by atomic mass is 10.1. The summed E-state index contributed by atoms with van der Waals surface area (Å²) >= 11 is 0. The van der Waals surface area contributed by atoms with E-state index in [9.17, 15) is 9.18 Å². The lowest BCUT2D eigenvalue weighted by Crippen LogP contribution is -2.28. The Morgan fingerprint density at radius 2 is 2.21 bits per heavy atom. The molecule has 0 bridgehead atoms. The molecule has 0 saturated carbocycles. The summed E-state index contributed by atoms with van der Waals surface area (Å²) in [5.74, 6) is -1.24. The molecule has 3 aromatic heterocycles. The predicted octanol–water partition coefficient (Wildman–Crippen LogP) is 1.81. The highest BCUT2D eigenvalue weighted by Gasteiger charge is 2.34. The summed E-state index contributed by atoms with van der Waals surface area (Å²) in [6.45, 7) is 0.393. The molecule has 1 amide bonds. The molecular weight excluding hydrogens is 311 g/mol. The predicted molar refractivity (Wildman–Crippen MR) is 82.2 cm³/mol. The van der Waals surface area contributed by atoms with Gasteiger partial charge in [-0.2, -0.15) is 14.8 Å². The maximum Gasteiger partial charge on any atom is 0.245 e. The Bertz CT molecular complexity index is 992. The summed E-state index contributed by atoms with van der Waals surface area (Å²) < 4.78 is 15.5. The van der Waals surface area contributed by atoms with Crippen LogP contribution in [0.25, 0.3) is 16.8 Å². The topological polar surface area (TPSA) is 87.2 Å². The zero-order valence-electron chi connectivity index (χ0n) is 12.4. The van der Waals surface area contributed by atoms with E-state index in [0.29, 0.717) is 30.0 Å². The maximum absolute atomic E-state index is 14.0. The fraction of sp³-hybridized carbons (Fsp3) is 0.188. The van der Waals surface area contributed by atoms with Gasteiger partial charge in [-0.25, -0.2) is 14.5 Å². The molecule has 1 fully saturated rings. The first-order chi connectivity index (χ1) is 11.7. The van der Waals surface area contributed by atoms with Gasteiger partial charge in [0, 0.05) is 12.7 Å². The van der Waals surface area contributed by atoms with E-state index < -0.39 is 11.9 Å². The molecule has 8 heteroatoms. The highest BCUT2D eigenvalue weighted by atomic mass is 19.1. The second kappa shape index (κ2) is 5.38. The van der Waals surface area contributed by atoms with Crippen LogP contribution in [0.2, 0.25) is 0 Å². The summed E-state index contributed by atoms with van der Waals surface area (Å²) in [6.07, 6.45) is 4.96. The minimum absolute atomic E-state index is 0.222. The molecule has 1 unspecified atom stereocenters. The lowest BCUT2D eigenvalue weighted by molar-refractivity contribution is -0.119. The minimum atomic E-state index is -0.673. The van der Waals surface area contributed by atoms with Gasteiger partial charge >= 0.3 is 0 Å². The summed E-state index contributed by atoms with van der Waals surface area (Å²) in [6, 6.07) is 6.89. The average molecular weight is 322 g/mol. The molecule has 1 saturated heterocycles. The average Bonchev–Trinajstić information content (AvgIpc) is 3.20. The van der Waals surface area contributed by atoms with Gasteiger partial charge in [0.15, 0.2) is 5.82 Å². The van der Waals surface area contributed by atoms with Crippen LogP contribution in [0.3, 0.4) is 0 Å². The minimum Gasteiger partial charge on any atom is -0.294 e. The quantitative estimate of drug-likeness (QED) is 0.672. The first-order valence-electron chi connectivity index (χ1n) is 7.35. The Morgan fingerprint density at radius 1 is 1.33 bits per heavy atom. The van der Waals surface area contributed by atoms with Crippen molar-refractivity contribution in [1.29, 1.82) is 5.26 Å². The second-order valence-corrected chi connectivity index (χ2v) is 5.41. The number of carbonyl (C=O) groups excluding carboxylic acids is 1. The number of pyridine rings is 1. The van der Waals surface area contributed by atoms with E-state index in [2.05, 4.69) is 15.1 Å². The SMILES string of the molecule is N#CC1CCN(c2nc(-c3cccnc3F)cn3nccc23)C1=O. The zero-order valence-corrected chi connectivity index (χ0v) is 12.4. The summed E-state index contributed by atoms with van der Waals surface area (Å²) in [7, 11) is 0. The molecule has 1 aliphatic rings. The Labute approximate surface area is 136 Å². The van der Waals surface area contributed by atoms with Crippen molar-refractivity contribution in [1.82, 2.24) is 19.6 Å². The van der Waals surface area contributed by atoms with Crippen molar-refractivity contribution in [3.05, 3.63) is 42.7 Å². The van der Waals surface area contributed by atoms with Gasteiger partial charge in [0.1, 0.15) is 11.4 Å². The number of rotatable bonds is 2. The molecule has 118 valence electrons. The van der Waals surface area contributed by atoms with Gasteiger partial charge in [0.25, 0.3) is 0 Å². The fourth-order valence-electron chi connectivity index (χ4n) is 2.83. The Morgan fingerprint density at radius 3 is 2.96 bits per heavy atom. The van der Waals surface area contributed by atoms with E-state index in [0.717, 1.165) is 0 Å². The number of nitrogens with zero attached hydrogens (tertiary/aromatic N) is 6. The van der Waals surface area contributed by atoms with Gasteiger partial charge in [-0.05, 0) is 24.6 Å². The molecule has 4 rings (SSSR count). The molecule has 0 aliphatic carbocycles. The summed E-state index contributed by atoms with van der Waals surface area (Å²) in [5, 5.41) is 13.2. The van der Waals surface area contributed by atoms with E-state index >= 15 is 0 Å². The van der Waals surface area contributed by atoms with Crippen molar-refractivity contribution in [2.24, 2.45) is 5.92 Å². The van der Waals surface area contributed by atoms with Crippen LogP contribution in [0.1, 0.15) is 6.42 Å². The number of hydrogen-bond acceptors (Lipinski definition) is 5. The van der Waals surface area contributed by atoms with Crippen molar-refractivity contribution in [3.8, 4) is 17.3 Å². The molecule has 24 heavy (non-hydrogen) atoms. The summed E-state index contributed by atoms with van der Waals surface area (Å²) in [4.78, 5) is 21.9. The molecule has 0 N–H and O–H groups in total. The van der Waals surface area contributed by atoms with Gasteiger partial charge in [0.05, 0.1) is 29.7 Å². The number of aromatic nitrogens is 4. The second-order valence-electron chi connectivity index (χ2n) is 5.41. The largest absolute Gasteiger partial charge is 0.294 e. The van der Waals surface area contributed by atoms with Crippen LogP contribution in [0, 0.1) is 23.2 Å². The van der Waals surface area contributed by atoms with Crippen LogP contribution in [0.15, 0.2) is 36.8 Å². The monoisotopic (exact) mass is 322 g/mol. The molecule has 0 aromatic carbocycles. The van der Waals surface area contributed by atoms with Crippen molar-refractivity contribution in [2.45, 2.75) is 6.42 Å². The number of anilines is 1. The van der Waals surface area contributed by atoms with Crippen LogP contribution >= 0.6 is 0 Å². The lowest BCUT2D eigenvalue weighted by Gasteiger charge is -2.17. The third-order valence-corrected chi connectivity index (χ3v) is 4.02. The number of amides is 1. The van der Waals surface area contributed by atoms with E-state index in [-0.39, 0.29) is 11.5 Å². The standard InChI is InChI=1S/C16H11FN6O/c17-14-11(2-1-5-19-14)12-9-23-13(3-6-20-23)15(21-12)22-7-4-10(8-18)16(22)24/h1-3,5-6,9-10H,4,7H2. The number of carbonyl (C=O) groups is 1. The Hall–Kier alpha value is -3.34. The summed E-state index contributed by atoms with van der Waals surface area (Å²) in [5.41, 5.74) is 1.16. The molecule has 1 aliphatic heterocycles. The molecule has 3 aromatic rings.